The Bertz CT molecular complexity index is 922. The lowest BCUT2D eigenvalue weighted by Gasteiger charge is -2.16. The van der Waals surface area contributed by atoms with Crippen LogP contribution in [0.25, 0.3) is 10.9 Å². The quantitative estimate of drug-likeness (QED) is 0.757. The number of likely N-dealkylation sites (tertiary alicyclic amines) is 1. The fraction of sp³-hybridized carbons (Fsp3) is 0.300. The van der Waals surface area contributed by atoms with Crippen LogP contribution in [0.2, 0.25) is 0 Å². The van der Waals surface area contributed by atoms with E-state index in [4.69, 9.17) is 4.74 Å². The molecule has 0 aliphatic carbocycles. The van der Waals surface area contributed by atoms with Crippen molar-refractivity contribution in [2.75, 3.05) is 26.8 Å². The third kappa shape index (κ3) is 2.93. The molecule has 1 amide bonds. The Labute approximate surface area is 151 Å². The molecule has 6 nitrogen and oxygen atoms in total. The Kier molecular flexibility index (Phi) is 4.34. The van der Waals surface area contributed by atoms with Gasteiger partial charge in [0.25, 0.3) is 5.91 Å². The van der Waals surface area contributed by atoms with Crippen molar-refractivity contribution in [1.82, 2.24) is 14.9 Å². The van der Waals surface area contributed by atoms with Gasteiger partial charge in [0, 0.05) is 54.8 Å². The minimum Gasteiger partial charge on any atom is -0.497 e. The second kappa shape index (κ2) is 6.80. The molecule has 1 aliphatic heterocycles. The summed E-state index contributed by atoms with van der Waals surface area (Å²) in [6.45, 7) is 1.19. The van der Waals surface area contributed by atoms with Crippen molar-refractivity contribution in [2.45, 2.75) is 5.92 Å². The monoisotopic (exact) mass is 351 g/mol. The maximum Gasteiger partial charge on any atom is 0.270 e. The van der Waals surface area contributed by atoms with E-state index < -0.39 is 0 Å². The minimum atomic E-state index is -0.0461. The Balaban J connectivity index is 1.58. The Hall–Kier alpha value is -2.86. The maximum absolute atomic E-state index is 13.0. The van der Waals surface area contributed by atoms with E-state index in [0.29, 0.717) is 18.8 Å². The van der Waals surface area contributed by atoms with E-state index in [1.165, 1.54) is 0 Å². The number of hydrogen-bond acceptors (Lipinski definition) is 4. The van der Waals surface area contributed by atoms with Gasteiger partial charge in [-0.3, -0.25) is 9.78 Å². The molecule has 6 heteroatoms. The number of carbonyl (C=O) groups excluding carboxylic acids is 1. The Morgan fingerprint density at radius 1 is 1.27 bits per heavy atom. The molecule has 2 unspecified atom stereocenters. The lowest BCUT2D eigenvalue weighted by Crippen LogP contribution is -2.29. The van der Waals surface area contributed by atoms with Crippen molar-refractivity contribution in [3.05, 3.63) is 60.0 Å². The molecule has 0 spiro atoms. The first-order valence-corrected chi connectivity index (χ1v) is 8.66. The van der Waals surface area contributed by atoms with Gasteiger partial charge in [-0.1, -0.05) is 0 Å². The fourth-order valence-electron chi connectivity index (χ4n) is 3.73. The summed E-state index contributed by atoms with van der Waals surface area (Å²) in [5.74, 6) is 0.868. The van der Waals surface area contributed by atoms with E-state index in [0.717, 1.165) is 22.2 Å². The molecule has 2 N–H and O–H groups in total. The smallest absolute Gasteiger partial charge is 0.270 e. The van der Waals surface area contributed by atoms with Crippen molar-refractivity contribution in [3.8, 4) is 5.75 Å². The number of nitrogens with zero attached hydrogens (tertiary/aromatic N) is 2. The molecular formula is C20H21N3O3. The summed E-state index contributed by atoms with van der Waals surface area (Å²) in [6.07, 6.45) is 3.50. The molecule has 2 aromatic heterocycles. The van der Waals surface area contributed by atoms with Crippen LogP contribution in [-0.2, 0) is 0 Å². The molecule has 0 bridgehead atoms. The predicted octanol–water partition coefficient (Wildman–Crippen LogP) is 2.42. The van der Waals surface area contributed by atoms with Crippen molar-refractivity contribution in [1.29, 1.82) is 0 Å². The van der Waals surface area contributed by atoms with E-state index in [2.05, 4.69) is 9.97 Å². The van der Waals surface area contributed by atoms with Gasteiger partial charge in [0.1, 0.15) is 11.4 Å². The number of amides is 1. The van der Waals surface area contributed by atoms with Crippen molar-refractivity contribution < 1.29 is 14.6 Å². The number of rotatable bonds is 4. The van der Waals surface area contributed by atoms with Gasteiger partial charge < -0.3 is 19.7 Å². The van der Waals surface area contributed by atoms with E-state index in [1.807, 2.05) is 41.3 Å². The average Bonchev–Trinajstić information content (AvgIpc) is 3.31. The SMILES string of the molecule is COc1ccc2[nH]c(C(=O)N3CC(CO)C(c4ccncc4)C3)cc2c1. The van der Waals surface area contributed by atoms with Crippen LogP contribution in [0.4, 0.5) is 0 Å². The third-order valence-electron chi connectivity index (χ3n) is 5.16. The van der Waals surface area contributed by atoms with Gasteiger partial charge in [-0.25, -0.2) is 0 Å². The first-order chi connectivity index (χ1) is 12.7. The van der Waals surface area contributed by atoms with E-state index in [9.17, 15) is 9.90 Å². The highest BCUT2D eigenvalue weighted by molar-refractivity contribution is 5.98. The van der Waals surface area contributed by atoms with Crippen LogP contribution in [0.1, 0.15) is 22.0 Å². The molecular weight excluding hydrogens is 330 g/mol. The number of aliphatic hydroxyl groups is 1. The van der Waals surface area contributed by atoms with Crippen molar-refractivity contribution in [3.63, 3.8) is 0 Å². The highest BCUT2D eigenvalue weighted by Gasteiger charge is 2.36. The lowest BCUT2D eigenvalue weighted by atomic mass is 9.90. The fourth-order valence-corrected chi connectivity index (χ4v) is 3.73. The number of methoxy groups -OCH3 is 1. The molecule has 1 aliphatic rings. The number of aliphatic hydroxyl groups excluding tert-OH is 1. The lowest BCUT2D eigenvalue weighted by molar-refractivity contribution is 0.0776. The molecule has 1 fully saturated rings. The zero-order valence-corrected chi connectivity index (χ0v) is 14.6. The van der Waals surface area contributed by atoms with Gasteiger partial charge in [-0.15, -0.1) is 0 Å². The van der Waals surface area contributed by atoms with E-state index in [-0.39, 0.29) is 24.3 Å². The van der Waals surface area contributed by atoms with Crippen LogP contribution in [0.3, 0.4) is 0 Å². The second-order valence-electron chi connectivity index (χ2n) is 6.68. The minimum absolute atomic E-state index is 0.0332. The summed E-state index contributed by atoms with van der Waals surface area (Å²) in [5, 5.41) is 10.7. The molecule has 3 aromatic rings. The molecule has 4 rings (SSSR count). The number of hydrogen-bond donors (Lipinski definition) is 2. The van der Waals surface area contributed by atoms with Gasteiger partial charge in [-0.2, -0.15) is 0 Å². The number of carbonyl (C=O) groups is 1. The zero-order valence-electron chi connectivity index (χ0n) is 14.6. The number of ether oxygens (including phenoxy) is 1. The highest BCUT2D eigenvalue weighted by atomic mass is 16.5. The first kappa shape index (κ1) is 16.6. The second-order valence-corrected chi connectivity index (χ2v) is 6.68. The third-order valence-corrected chi connectivity index (χ3v) is 5.16. The molecule has 2 atom stereocenters. The van der Waals surface area contributed by atoms with Crippen LogP contribution in [0, 0.1) is 5.92 Å². The van der Waals surface area contributed by atoms with Gasteiger partial charge in [0.15, 0.2) is 0 Å². The first-order valence-electron chi connectivity index (χ1n) is 8.66. The van der Waals surface area contributed by atoms with Crippen LogP contribution < -0.4 is 4.74 Å². The van der Waals surface area contributed by atoms with Crippen LogP contribution in [-0.4, -0.2) is 52.7 Å². The van der Waals surface area contributed by atoms with Gasteiger partial charge in [0.05, 0.1) is 7.11 Å². The van der Waals surface area contributed by atoms with Gasteiger partial charge >= 0.3 is 0 Å². The number of aromatic amines is 1. The highest BCUT2D eigenvalue weighted by Crippen LogP contribution is 2.33. The Morgan fingerprint density at radius 3 is 2.81 bits per heavy atom. The predicted molar refractivity (Wildman–Crippen MR) is 98.3 cm³/mol. The summed E-state index contributed by atoms with van der Waals surface area (Å²) < 4.78 is 5.24. The molecule has 0 saturated carbocycles. The average molecular weight is 351 g/mol. The van der Waals surface area contributed by atoms with E-state index >= 15 is 0 Å². The number of fused-ring (bicyclic) bond motifs is 1. The molecule has 3 heterocycles. The molecule has 26 heavy (non-hydrogen) atoms. The Morgan fingerprint density at radius 2 is 2.08 bits per heavy atom. The van der Waals surface area contributed by atoms with Gasteiger partial charge in [-0.05, 0) is 42.0 Å². The zero-order chi connectivity index (χ0) is 18.1. The normalized spacial score (nSPS) is 19.8. The van der Waals surface area contributed by atoms with E-state index in [1.54, 1.807) is 19.5 Å². The summed E-state index contributed by atoms with van der Waals surface area (Å²) in [6, 6.07) is 11.4. The molecule has 0 radical (unpaired) electrons. The number of H-pyrrole nitrogens is 1. The summed E-state index contributed by atoms with van der Waals surface area (Å²) in [7, 11) is 1.62. The summed E-state index contributed by atoms with van der Waals surface area (Å²) in [5.41, 5.74) is 2.56. The van der Waals surface area contributed by atoms with Crippen LogP contribution >= 0.6 is 0 Å². The molecule has 1 saturated heterocycles. The molecule has 1 aromatic carbocycles. The van der Waals surface area contributed by atoms with Crippen molar-refractivity contribution >= 4 is 16.8 Å². The van der Waals surface area contributed by atoms with Crippen LogP contribution in [0.5, 0.6) is 5.75 Å². The van der Waals surface area contributed by atoms with Crippen LogP contribution in [0.15, 0.2) is 48.8 Å². The number of pyridine rings is 1. The largest absolute Gasteiger partial charge is 0.497 e. The number of benzene rings is 1. The maximum atomic E-state index is 13.0. The summed E-state index contributed by atoms with van der Waals surface area (Å²) >= 11 is 0. The van der Waals surface area contributed by atoms with Crippen molar-refractivity contribution in [2.24, 2.45) is 5.92 Å². The topological polar surface area (TPSA) is 78.5 Å². The number of aromatic nitrogens is 2. The van der Waals surface area contributed by atoms with Gasteiger partial charge in [0.2, 0.25) is 0 Å². The summed E-state index contributed by atoms with van der Waals surface area (Å²) in [4.78, 5) is 22.0. The standard InChI is InChI=1S/C20H21N3O3/c1-26-16-2-3-18-14(8-16)9-19(22-18)20(25)23-10-15(12-24)17(11-23)13-4-6-21-7-5-13/h2-9,15,17,22,24H,10-12H2,1H3. The number of nitrogens with one attached hydrogen (secondary N) is 1. The molecule has 134 valence electrons.